The van der Waals surface area contributed by atoms with Gasteiger partial charge in [0.1, 0.15) is 5.82 Å². The van der Waals surface area contributed by atoms with E-state index in [1.54, 1.807) is 23.6 Å². The monoisotopic (exact) mass is 426 g/mol. The zero-order valence-electron chi connectivity index (χ0n) is 15.4. The zero-order chi connectivity index (χ0) is 21.5. The molecule has 9 heteroatoms. The number of hydrogen-bond donors (Lipinski definition) is 1. The average molecular weight is 426 g/mol. The molecule has 1 N–H and O–H groups in total. The van der Waals surface area contributed by atoms with Crippen molar-refractivity contribution in [3.63, 3.8) is 0 Å². The van der Waals surface area contributed by atoms with Gasteiger partial charge in [-0.25, -0.2) is 9.18 Å². The molecule has 0 aliphatic heterocycles. The lowest BCUT2D eigenvalue weighted by Gasteiger charge is -2.08. The van der Waals surface area contributed by atoms with Gasteiger partial charge < -0.3 is 10.1 Å². The second-order valence-corrected chi connectivity index (χ2v) is 6.96. The highest BCUT2D eigenvalue weighted by Gasteiger charge is 2.17. The summed E-state index contributed by atoms with van der Waals surface area (Å²) in [6, 6.07) is 14.4. The molecule has 2 aromatic carbocycles. The smallest absolute Gasteiger partial charge is 0.340 e. The van der Waals surface area contributed by atoms with Crippen molar-refractivity contribution in [2.45, 2.75) is 0 Å². The molecular formula is C21H15FN2O5S. The maximum Gasteiger partial charge on any atom is 0.340 e. The summed E-state index contributed by atoms with van der Waals surface area (Å²) in [5.74, 6) is -1.69. The van der Waals surface area contributed by atoms with E-state index in [2.05, 4.69) is 5.32 Å². The van der Waals surface area contributed by atoms with E-state index in [9.17, 15) is 24.1 Å². The fourth-order valence-electron chi connectivity index (χ4n) is 2.46. The number of nitro groups is 1. The molecule has 152 valence electrons. The summed E-state index contributed by atoms with van der Waals surface area (Å²) in [5.41, 5.74) is 1.07. The molecule has 1 heterocycles. The summed E-state index contributed by atoms with van der Waals surface area (Å²) in [4.78, 5) is 35.4. The van der Waals surface area contributed by atoms with E-state index in [4.69, 9.17) is 4.74 Å². The van der Waals surface area contributed by atoms with Crippen molar-refractivity contribution < 1.29 is 23.6 Å². The number of nitro benzene ring substituents is 1. The van der Waals surface area contributed by atoms with Crippen LogP contribution in [0.1, 0.15) is 10.4 Å². The van der Waals surface area contributed by atoms with Crippen molar-refractivity contribution in [3.05, 3.63) is 92.4 Å². The van der Waals surface area contributed by atoms with Crippen LogP contribution < -0.4 is 5.32 Å². The molecule has 3 rings (SSSR count). The molecule has 0 radical (unpaired) electrons. The minimum Gasteiger partial charge on any atom is -0.452 e. The first kappa shape index (κ1) is 20.9. The molecule has 0 saturated carbocycles. The summed E-state index contributed by atoms with van der Waals surface area (Å²) in [6.45, 7) is -0.540. The van der Waals surface area contributed by atoms with Gasteiger partial charge in [-0.05, 0) is 47.4 Å². The third kappa shape index (κ3) is 5.58. The predicted octanol–water partition coefficient (Wildman–Crippen LogP) is 4.52. The number of non-ortho nitro benzene ring substituents is 1. The maximum atomic E-state index is 13.1. The van der Waals surface area contributed by atoms with Gasteiger partial charge in [0.25, 0.3) is 11.6 Å². The molecule has 0 saturated heterocycles. The van der Waals surface area contributed by atoms with Crippen LogP contribution in [-0.4, -0.2) is 23.4 Å². The second-order valence-electron chi connectivity index (χ2n) is 6.02. The van der Waals surface area contributed by atoms with Gasteiger partial charge in [0.2, 0.25) is 0 Å². The Balaban J connectivity index is 1.66. The van der Waals surface area contributed by atoms with Gasteiger partial charge in [0.15, 0.2) is 6.61 Å². The molecule has 0 bridgehead atoms. The van der Waals surface area contributed by atoms with Crippen molar-refractivity contribution >= 4 is 46.2 Å². The van der Waals surface area contributed by atoms with Gasteiger partial charge in [-0.3, -0.25) is 14.9 Å². The first-order valence-corrected chi connectivity index (χ1v) is 9.53. The third-order valence-corrected chi connectivity index (χ3v) is 4.79. The number of benzene rings is 2. The molecular weight excluding hydrogens is 411 g/mol. The second kappa shape index (κ2) is 9.57. The molecule has 0 aliphatic rings. The first-order chi connectivity index (χ1) is 14.4. The van der Waals surface area contributed by atoms with Gasteiger partial charge in [-0.1, -0.05) is 18.2 Å². The third-order valence-electron chi connectivity index (χ3n) is 3.88. The largest absolute Gasteiger partial charge is 0.452 e. The summed E-state index contributed by atoms with van der Waals surface area (Å²) < 4.78 is 18.2. The zero-order valence-corrected chi connectivity index (χ0v) is 16.2. The van der Waals surface area contributed by atoms with E-state index in [-0.39, 0.29) is 11.3 Å². The van der Waals surface area contributed by atoms with E-state index in [0.717, 1.165) is 0 Å². The number of halogens is 1. The van der Waals surface area contributed by atoms with Crippen molar-refractivity contribution in [2.24, 2.45) is 0 Å². The van der Waals surface area contributed by atoms with Crippen LogP contribution in [0.3, 0.4) is 0 Å². The first-order valence-electron chi connectivity index (χ1n) is 8.65. The lowest BCUT2D eigenvalue weighted by Crippen LogP contribution is -2.21. The molecule has 7 nitrogen and oxygen atoms in total. The Morgan fingerprint density at radius 2 is 1.80 bits per heavy atom. The minimum atomic E-state index is -0.708. The SMILES string of the molecule is O=C(COC(=O)C(=Cc1ccc(F)cc1)c1cccs1)Nc1ccc([N+](=O)[O-])cc1. The molecule has 0 unspecified atom stereocenters. The normalized spacial score (nSPS) is 11.0. The van der Waals surface area contributed by atoms with Gasteiger partial charge in [0, 0.05) is 22.7 Å². The van der Waals surface area contributed by atoms with Crippen LogP contribution >= 0.6 is 11.3 Å². The number of esters is 1. The van der Waals surface area contributed by atoms with E-state index in [0.29, 0.717) is 16.1 Å². The van der Waals surface area contributed by atoms with Gasteiger partial charge in [0.05, 0.1) is 10.5 Å². The highest BCUT2D eigenvalue weighted by Crippen LogP contribution is 2.24. The van der Waals surface area contributed by atoms with Crippen molar-refractivity contribution in [2.75, 3.05) is 11.9 Å². The number of ether oxygens (including phenoxy) is 1. The van der Waals surface area contributed by atoms with E-state index in [1.807, 2.05) is 0 Å². The number of amides is 1. The topological polar surface area (TPSA) is 98.5 Å². The molecule has 30 heavy (non-hydrogen) atoms. The standard InChI is InChI=1S/C21H15FN2O5S/c22-15-5-3-14(4-6-15)12-18(19-2-1-11-30-19)21(26)29-13-20(25)23-16-7-9-17(10-8-16)24(27)28/h1-12H,13H2,(H,23,25). The number of rotatable bonds is 7. The summed E-state index contributed by atoms with van der Waals surface area (Å²) in [6.07, 6.45) is 1.56. The maximum absolute atomic E-state index is 13.1. The number of carbonyl (C=O) groups excluding carboxylic acids is 2. The van der Waals surface area contributed by atoms with Gasteiger partial charge in [-0.15, -0.1) is 11.3 Å². The van der Waals surface area contributed by atoms with Crippen molar-refractivity contribution in [1.29, 1.82) is 0 Å². The Kier molecular flexibility index (Phi) is 6.66. The van der Waals surface area contributed by atoms with Crippen LogP contribution in [0.15, 0.2) is 66.0 Å². The number of carbonyl (C=O) groups is 2. The minimum absolute atomic E-state index is 0.106. The lowest BCUT2D eigenvalue weighted by molar-refractivity contribution is -0.384. The molecule has 3 aromatic rings. The number of anilines is 1. The Labute approximate surface area is 174 Å². The average Bonchev–Trinajstić information content (AvgIpc) is 3.26. The van der Waals surface area contributed by atoms with Crippen LogP contribution in [0.4, 0.5) is 15.8 Å². The van der Waals surface area contributed by atoms with Crippen LogP contribution in [0, 0.1) is 15.9 Å². The molecule has 0 spiro atoms. The number of nitrogens with one attached hydrogen (secondary N) is 1. The summed E-state index contributed by atoms with van der Waals surface area (Å²) in [7, 11) is 0. The lowest BCUT2D eigenvalue weighted by atomic mass is 10.1. The Morgan fingerprint density at radius 1 is 1.10 bits per heavy atom. The fraction of sp³-hybridized carbons (Fsp3) is 0.0476. The fourth-order valence-corrected chi connectivity index (χ4v) is 3.19. The highest BCUT2D eigenvalue weighted by atomic mass is 32.1. The Morgan fingerprint density at radius 3 is 2.40 bits per heavy atom. The predicted molar refractivity (Wildman–Crippen MR) is 111 cm³/mol. The van der Waals surface area contributed by atoms with E-state index >= 15 is 0 Å². The molecule has 0 fully saturated rings. The van der Waals surface area contributed by atoms with Crippen LogP contribution in [-0.2, 0) is 14.3 Å². The number of nitrogens with zero attached hydrogens (tertiary/aromatic N) is 1. The molecule has 1 aromatic heterocycles. The van der Waals surface area contributed by atoms with Crippen molar-refractivity contribution in [3.8, 4) is 0 Å². The molecule has 1 amide bonds. The highest BCUT2D eigenvalue weighted by molar-refractivity contribution is 7.11. The molecule has 0 atom stereocenters. The van der Waals surface area contributed by atoms with Gasteiger partial charge in [-0.2, -0.15) is 0 Å². The summed E-state index contributed by atoms with van der Waals surface area (Å²) >= 11 is 1.32. The Hall–Kier alpha value is -3.85. The van der Waals surface area contributed by atoms with E-state index < -0.39 is 29.2 Å². The van der Waals surface area contributed by atoms with Crippen LogP contribution in [0.2, 0.25) is 0 Å². The van der Waals surface area contributed by atoms with Gasteiger partial charge >= 0.3 is 5.97 Å². The molecule has 0 aliphatic carbocycles. The number of hydrogen-bond acceptors (Lipinski definition) is 6. The quantitative estimate of drug-likeness (QED) is 0.259. The summed E-state index contributed by atoms with van der Waals surface area (Å²) in [5, 5.41) is 14.9. The van der Waals surface area contributed by atoms with Crippen molar-refractivity contribution in [1.82, 2.24) is 0 Å². The number of thiophene rings is 1. The van der Waals surface area contributed by atoms with Crippen LogP contribution in [0.25, 0.3) is 11.6 Å². The Bertz CT molecular complexity index is 1080. The van der Waals surface area contributed by atoms with E-state index in [1.165, 1.54) is 59.9 Å². The van der Waals surface area contributed by atoms with Crippen LogP contribution in [0.5, 0.6) is 0 Å².